The number of methoxy groups -OCH3 is 1. The van der Waals surface area contributed by atoms with Crippen molar-refractivity contribution < 1.29 is 27.5 Å². The Kier molecular flexibility index (Phi) is 6.89. The summed E-state index contributed by atoms with van der Waals surface area (Å²) in [6.45, 7) is 3.02. The van der Waals surface area contributed by atoms with E-state index < -0.39 is 16.1 Å². The Labute approximate surface area is 159 Å². The summed E-state index contributed by atoms with van der Waals surface area (Å²) in [4.78, 5) is 27.5. The molecule has 2 amide bonds. The topological polar surface area (TPSA) is 96.5 Å². The summed E-state index contributed by atoms with van der Waals surface area (Å²) in [5.41, 5.74) is 0.306. The lowest BCUT2D eigenvalue weighted by molar-refractivity contribution is -0.131. The molecule has 0 atom stereocenters. The zero-order valence-corrected chi connectivity index (χ0v) is 16.6. The fourth-order valence-corrected chi connectivity index (χ4v) is 3.65. The van der Waals surface area contributed by atoms with E-state index in [-0.39, 0.29) is 12.5 Å². The molecule has 1 fully saturated rings. The number of hydrogen-bond donors (Lipinski definition) is 0. The number of amides is 2. The fourth-order valence-electron chi connectivity index (χ4n) is 2.79. The second-order valence-corrected chi connectivity index (χ2v) is 7.92. The SMILES string of the molecule is CCOC(=O)N1CCN(C(=O)CN(c2ccccc2OC)S(C)(=O)=O)CC1. The van der Waals surface area contributed by atoms with Crippen molar-refractivity contribution in [3.05, 3.63) is 24.3 Å². The van der Waals surface area contributed by atoms with Crippen LogP contribution in [0.1, 0.15) is 6.92 Å². The molecule has 1 aromatic rings. The van der Waals surface area contributed by atoms with Gasteiger partial charge in [0.05, 0.1) is 25.7 Å². The number of anilines is 1. The number of para-hydroxylation sites is 2. The van der Waals surface area contributed by atoms with Gasteiger partial charge in [-0.1, -0.05) is 12.1 Å². The molecule has 1 aliphatic rings. The van der Waals surface area contributed by atoms with Gasteiger partial charge in [-0.25, -0.2) is 13.2 Å². The second kappa shape index (κ2) is 8.94. The minimum atomic E-state index is -3.69. The third kappa shape index (κ3) is 5.25. The van der Waals surface area contributed by atoms with Crippen molar-refractivity contribution in [1.82, 2.24) is 9.80 Å². The number of ether oxygens (including phenoxy) is 2. The Bertz CT molecular complexity index is 775. The first-order chi connectivity index (χ1) is 12.8. The third-order valence-electron chi connectivity index (χ3n) is 4.19. The molecular formula is C17H25N3O6S. The second-order valence-electron chi connectivity index (χ2n) is 6.01. The third-order valence-corrected chi connectivity index (χ3v) is 5.32. The van der Waals surface area contributed by atoms with Gasteiger partial charge < -0.3 is 19.3 Å². The molecule has 9 nitrogen and oxygen atoms in total. The normalized spacial score (nSPS) is 14.6. The first kappa shape index (κ1) is 20.8. The summed E-state index contributed by atoms with van der Waals surface area (Å²) in [5.74, 6) is 0.0256. The predicted molar refractivity (Wildman–Crippen MR) is 100 cm³/mol. The highest BCUT2D eigenvalue weighted by Gasteiger charge is 2.29. The summed E-state index contributed by atoms with van der Waals surface area (Å²) in [6, 6.07) is 6.62. The van der Waals surface area contributed by atoms with Crippen LogP contribution in [0.25, 0.3) is 0 Å². The van der Waals surface area contributed by atoms with Crippen molar-refractivity contribution >= 4 is 27.7 Å². The van der Waals surface area contributed by atoms with Crippen LogP contribution in [0.2, 0.25) is 0 Å². The van der Waals surface area contributed by atoms with E-state index >= 15 is 0 Å². The monoisotopic (exact) mass is 399 g/mol. The largest absolute Gasteiger partial charge is 0.495 e. The molecule has 2 rings (SSSR count). The number of sulfonamides is 1. The Morgan fingerprint density at radius 3 is 2.26 bits per heavy atom. The van der Waals surface area contributed by atoms with Gasteiger partial charge in [0.2, 0.25) is 15.9 Å². The molecule has 0 bridgehead atoms. The molecule has 0 N–H and O–H groups in total. The van der Waals surface area contributed by atoms with Crippen LogP contribution >= 0.6 is 0 Å². The number of carbonyl (C=O) groups excluding carboxylic acids is 2. The van der Waals surface area contributed by atoms with Gasteiger partial charge in [0.25, 0.3) is 0 Å². The average Bonchev–Trinajstić information content (AvgIpc) is 2.65. The van der Waals surface area contributed by atoms with E-state index in [4.69, 9.17) is 9.47 Å². The smallest absolute Gasteiger partial charge is 0.409 e. The summed E-state index contributed by atoms with van der Waals surface area (Å²) in [7, 11) is -2.25. The Hall–Kier alpha value is -2.49. The fraction of sp³-hybridized carbons (Fsp3) is 0.529. The molecule has 1 saturated heterocycles. The van der Waals surface area contributed by atoms with E-state index in [0.29, 0.717) is 44.2 Å². The van der Waals surface area contributed by atoms with Crippen molar-refractivity contribution in [2.75, 3.05) is 57.0 Å². The van der Waals surface area contributed by atoms with Crippen molar-refractivity contribution in [2.24, 2.45) is 0 Å². The summed E-state index contributed by atoms with van der Waals surface area (Å²) in [6.07, 6.45) is 0.641. The molecule has 0 spiro atoms. The summed E-state index contributed by atoms with van der Waals surface area (Å²) >= 11 is 0. The molecule has 27 heavy (non-hydrogen) atoms. The lowest BCUT2D eigenvalue weighted by Gasteiger charge is -2.35. The lowest BCUT2D eigenvalue weighted by atomic mass is 10.3. The van der Waals surface area contributed by atoms with Crippen LogP contribution < -0.4 is 9.04 Å². The zero-order valence-electron chi connectivity index (χ0n) is 15.8. The average molecular weight is 399 g/mol. The molecule has 0 aromatic heterocycles. The zero-order chi connectivity index (χ0) is 20.0. The van der Waals surface area contributed by atoms with E-state index in [2.05, 4.69) is 0 Å². The maximum Gasteiger partial charge on any atom is 0.409 e. The maximum atomic E-state index is 12.7. The first-order valence-corrected chi connectivity index (χ1v) is 10.4. The predicted octanol–water partition coefficient (Wildman–Crippen LogP) is 0.762. The van der Waals surface area contributed by atoms with Gasteiger partial charge in [-0.15, -0.1) is 0 Å². The lowest BCUT2D eigenvalue weighted by Crippen LogP contribution is -2.53. The van der Waals surface area contributed by atoms with Crippen molar-refractivity contribution in [1.29, 1.82) is 0 Å². The molecule has 0 radical (unpaired) electrons. The van der Waals surface area contributed by atoms with Crippen LogP contribution in [0.5, 0.6) is 5.75 Å². The highest BCUT2D eigenvalue weighted by molar-refractivity contribution is 7.92. The number of hydrogen-bond acceptors (Lipinski definition) is 6. The van der Waals surface area contributed by atoms with Crippen molar-refractivity contribution in [2.45, 2.75) is 6.92 Å². The highest BCUT2D eigenvalue weighted by Crippen LogP contribution is 2.29. The van der Waals surface area contributed by atoms with Gasteiger partial charge in [0.15, 0.2) is 0 Å². The van der Waals surface area contributed by atoms with Crippen LogP contribution in [-0.2, 0) is 19.6 Å². The van der Waals surface area contributed by atoms with E-state index in [1.54, 1.807) is 36.1 Å². The maximum absolute atomic E-state index is 12.7. The molecule has 10 heteroatoms. The molecule has 1 aromatic carbocycles. The van der Waals surface area contributed by atoms with Gasteiger partial charge in [-0.05, 0) is 19.1 Å². The number of carbonyl (C=O) groups is 2. The number of rotatable bonds is 6. The van der Waals surface area contributed by atoms with E-state index in [0.717, 1.165) is 10.6 Å². The van der Waals surface area contributed by atoms with Gasteiger partial charge in [-0.3, -0.25) is 9.10 Å². The van der Waals surface area contributed by atoms with Crippen LogP contribution in [0, 0.1) is 0 Å². The Balaban J connectivity index is 2.09. The molecule has 150 valence electrons. The quantitative estimate of drug-likeness (QED) is 0.701. The van der Waals surface area contributed by atoms with E-state index in [9.17, 15) is 18.0 Å². The van der Waals surface area contributed by atoms with E-state index in [1.807, 2.05) is 0 Å². The number of nitrogens with zero attached hydrogens (tertiary/aromatic N) is 3. The molecule has 0 aliphatic carbocycles. The Morgan fingerprint density at radius 1 is 1.11 bits per heavy atom. The van der Waals surface area contributed by atoms with Crippen LogP contribution in [0.3, 0.4) is 0 Å². The van der Waals surface area contributed by atoms with Gasteiger partial charge in [0, 0.05) is 26.2 Å². The van der Waals surface area contributed by atoms with Gasteiger partial charge in [-0.2, -0.15) is 0 Å². The summed E-state index contributed by atoms with van der Waals surface area (Å²) < 4.78 is 35.7. The number of piperazine rings is 1. The first-order valence-electron chi connectivity index (χ1n) is 8.58. The van der Waals surface area contributed by atoms with Crippen LogP contribution in [-0.4, -0.2) is 82.9 Å². The number of benzene rings is 1. The highest BCUT2D eigenvalue weighted by atomic mass is 32.2. The summed E-state index contributed by atoms with van der Waals surface area (Å²) in [5, 5.41) is 0. The van der Waals surface area contributed by atoms with Crippen molar-refractivity contribution in [3.8, 4) is 5.75 Å². The van der Waals surface area contributed by atoms with Gasteiger partial charge >= 0.3 is 6.09 Å². The van der Waals surface area contributed by atoms with E-state index in [1.165, 1.54) is 12.0 Å². The van der Waals surface area contributed by atoms with Crippen LogP contribution in [0.15, 0.2) is 24.3 Å². The molecule has 1 aliphatic heterocycles. The standard InChI is InChI=1S/C17H25N3O6S/c1-4-26-17(22)19-11-9-18(10-12-19)16(21)13-20(27(3,23)24)14-7-5-6-8-15(14)25-2/h5-8H,4,9-13H2,1-3H3. The minimum absolute atomic E-state index is 0.292. The van der Waals surface area contributed by atoms with Crippen LogP contribution in [0.4, 0.5) is 10.5 Å². The molecule has 0 saturated carbocycles. The molecular weight excluding hydrogens is 374 g/mol. The molecule has 0 unspecified atom stereocenters. The minimum Gasteiger partial charge on any atom is -0.495 e. The Morgan fingerprint density at radius 2 is 1.70 bits per heavy atom. The molecule has 1 heterocycles. The van der Waals surface area contributed by atoms with Crippen molar-refractivity contribution in [3.63, 3.8) is 0 Å². The van der Waals surface area contributed by atoms with Gasteiger partial charge in [0.1, 0.15) is 12.3 Å².